The number of carbonyl (C=O) groups excluding carboxylic acids is 1. The van der Waals surface area contributed by atoms with Crippen molar-refractivity contribution in [3.05, 3.63) is 53.9 Å². The molecule has 1 atom stereocenters. The first-order valence-corrected chi connectivity index (χ1v) is 12.6. The monoisotopic (exact) mass is 479 g/mol. The zero-order chi connectivity index (χ0) is 25.2. The van der Waals surface area contributed by atoms with Gasteiger partial charge in [-0.1, -0.05) is 39.3 Å². The Labute approximate surface area is 207 Å². The summed E-state index contributed by atoms with van der Waals surface area (Å²) < 4.78 is 8.09. The van der Waals surface area contributed by atoms with Gasteiger partial charge in [-0.3, -0.25) is 9.59 Å². The molecule has 2 aromatic carbocycles. The molecule has 2 N–H and O–H groups in total. The first-order valence-electron chi connectivity index (χ1n) is 12.6. The van der Waals surface area contributed by atoms with Crippen molar-refractivity contribution in [2.45, 2.75) is 65.8 Å². The predicted molar refractivity (Wildman–Crippen MR) is 139 cm³/mol. The molecule has 0 saturated carbocycles. The number of carboxylic acids is 1. The lowest BCUT2D eigenvalue weighted by Crippen LogP contribution is -2.12. The number of aryl methyl sites for hydroxylation is 1. The van der Waals surface area contributed by atoms with E-state index in [-0.39, 0.29) is 18.1 Å². The number of anilines is 1. The molecule has 0 fully saturated rings. The highest BCUT2D eigenvalue weighted by Crippen LogP contribution is 2.24. The molecule has 35 heavy (non-hydrogen) atoms. The number of carboxylic acid groups (broad SMARTS) is 1. The molecule has 0 saturated heterocycles. The molecule has 3 rings (SSSR count). The molecule has 7 heteroatoms. The third kappa shape index (κ3) is 7.84. The summed E-state index contributed by atoms with van der Waals surface area (Å²) in [6.07, 6.45) is 4.49. The number of fused-ring (bicyclic) bond motifs is 1. The largest absolute Gasteiger partial charge is 0.494 e. The van der Waals surface area contributed by atoms with Crippen molar-refractivity contribution in [1.29, 1.82) is 0 Å². The number of ketones is 1. The molecule has 0 amide bonds. The van der Waals surface area contributed by atoms with E-state index in [4.69, 9.17) is 14.8 Å². The Morgan fingerprint density at radius 1 is 1.14 bits per heavy atom. The highest BCUT2D eigenvalue weighted by Gasteiger charge is 2.13. The topological polar surface area (TPSA) is 93.5 Å². The fourth-order valence-corrected chi connectivity index (χ4v) is 3.97. The summed E-state index contributed by atoms with van der Waals surface area (Å²) in [7, 11) is 0. The van der Waals surface area contributed by atoms with Gasteiger partial charge in [0.25, 0.3) is 0 Å². The van der Waals surface area contributed by atoms with Crippen molar-refractivity contribution in [3.63, 3.8) is 0 Å². The fraction of sp³-hybridized carbons (Fsp3) is 0.464. The van der Waals surface area contributed by atoms with Crippen LogP contribution in [0.15, 0.2) is 42.5 Å². The van der Waals surface area contributed by atoms with Crippen LogP contribution < -0.4 is 10.1 Å². The Bertz CT molecular complexity index is 1120. The number of imidazole rings is 1. The van der Waals surface area contributed by atoms with E-state index in [0.717, 1.165) is 53.1 Å². The summed E-state index contributed by atoms with van der Waals surface area (Å²) in [5.41, 5.74) is 4.08. The van der Waals surface area contributed by atoms with Crippen LogP contribution in [-0.4, -0.2) is 39.6 Å². The van der Waals surface area contributed by atoms with Gasteiger partial charge in [0, 0.05) is 31.5 Å². The van der Waals surface area contributed by atoms with E-state index in [2.05, 4.69) is 35.0 Å². The van der Waals surface area contributed by atoms with Crippen molar-refractivity contribution < 1.29 is 19.4 Å². The molecule has 0 aliphatic carbocycles. The van der Waals surface area contributed by atoms with Gasteiger partial charge in [-0.2, -0.15) is 0 Å². The van der Waals surface area contributed by atoms with E-state index in [1.807, 2.05) is 38.1 Å². The van der Waals surface area contributed by atoms with Crippen LogP contribution in [0.3, 0.4) is 0 Å². The Hall–Kier alpha value is -3.35. The predicted octanol–water partition coefficient (Wildman–Crippen LogP) is 5.70. The van der Waals surface area contributed by atoms with Crippen LogP contribution in [0.1, 0.15) is 64.3 Å². The summed E-state index contributed by atoms with van der Waals surface area (Å²) in [5.74, 6) is 1.35. The number of carbonyl (C=O) groups is 2. The lowest BCUT2D eigenvalue weighted by Gasteiger charge is -2.12. The molecule has 3 aromatic rings. The van der Waals surface area contributed by atoms with Gasteiger partial charge in [-0.15, -0.1) is 0 Å². The first-order chi connectivity index (χ1) is 16.9. The van der Waals surface area contributed by atoms with Gasteiger partial charge in [0.2, 0.25) is 0 Å². The van der Waals surface area contributed by atoms with Crippen molar-refractivity contribution >= 4 is 28.5 Å². The molecule has 7 nitrogen and oxygen atoms in total. The Balaban J connectivity index is 1.70. The maximum atomic E-state index is 11.7. The van der Waals surface area contributed by atoms with Crippen LogP contribution in [0, 0.1) is 5.92 Å². The number of ether oxygens (including phenoxy) is 1. The summed E-state index contributed by atoms with van der Waals surface area (Å²) in [6.45, 7) is 7.53. The number of hydrogen-bond donors (Lipinski definition) is 2. The van der Waals surface area contributed by atoms with Gasteiger partial charge < -0.3 is 19.7 Å². The first kappa shape index (κ1) is 26.3. The van der Waals surface area contributed by atoms with Crippen molar-refractivity contribution in [2.75, 3.05) is 18.5 Å². The standard InChI is InChI=1S/C28H37N3O4/c1-4-6-7-27-30-25-17-22(29-18-23(32)5-2)10-13-26(25)31(27)19-21-8-11-24(12-9-21)35-15-14-20(3)16-28(33)34/h8-13,17,20,29H,4-7,14-16,18-19H2,1-3H3,(H,33,34). The summed E-state index contributed by atoms with van der Waals surface area (Å²) in [5, 5.41) is 12.1. The van der Waals surface area contributed by atoms with Crippen molar-refractivity contribution in [1.82, 2.24) is 9.55 Å². The van der Waals surface area contributed by atoms with Crippen LogP contribution in [0.5, 0.6) is 5.75 Å². The summed E-state index contributed by atoms with van der Waals surface area (Å²) in [4.78, 5) is 27.4. The smallest absolute Gasteiger partial charge is 0.303 e. The van der Waals surface area contributed by atoms with Crippen molar-refractivity contribution in [2.24, 2.45) is 5.92 Å². The maximum Gasteiger partial charge on any atom is 0.303 e. The number of unbranched alkanes of at least 4 members (excludes halogenated alkanes) is 1. The molecule has 0 bridgehead atoms. The molecule has 0 radical (unpaired) electrons. The number of benzene rings is 2. The van der Waals surface area contributed by atoms with Gasteiger partial charge in [0.15, 0.2) is 5.78 Å². The second-order valence-electron chi connectivity index (χ2n) is 9.15. The molecular weight excluding hydrogens is 442 g/mol. The zero-order valence-electron chi connectivity index (χ0n) is 21.0. The highest BCUT2D eigenvalue weighted by atomic mass is 16.5. The molecule has 0 spiro atoms. The van der Waals surface area contributed by atoms with Crippen molar-refractivity contribution in [3.8, 4) is 5.75 Å². The lowest BCUT2D eigenvalue weighted by molar-refractivity contribution is -0.138. The Morgan fingerprint density at radius 2 is 1.91 bits per heavy atom. The van der Waals surface area contributed by atoms with E-state index in [9.17, 15) is 9.59 Å². The Kier molecular flexibility index (Phi) is 9.70. The van der Waals surface area contributed by atoms with E-state index in [0.29, 0.717) is 32.5 Å². The number of rotatable bonds is 15. The number of nitrogens with zero attached hydrogens (tertiary/aromatic N) is 2. The molecule has 1 unspecified atom stereocenters. The summed E-state index contributed by atoms with van der Waals surface area (Å²) in [6, 6.07) is 14.2. The second-order valence-corrected chi connectivity index (χ2v) is 9.15. The number of hydrogen-bond acceptors (Lipinski definition) is 5. The average molecular weight is 480 g/mol. The van der Waals surface area contributed by atoms with E-state index < -0.39 is 5.97 Å². The minimum Gasteiger partial charge on any atom is -0.494 e. The molecule has 1 aromatic heterocycles. The third-order valence-corrected chi connectivity index (χ3v) is 6.13. The molecule has 1 heterocycles. The SMILES string of the molecule is CCCCc1nc2cc(NCC(=O)CC)ccc2n1Cc1ccc(OCCC(C)CC(=O)O)cc1. The van der Waals surface area contributed by atoms with Crippen LogP contribution in [0.25, 0.3) is 11.0 Å². The lowest BCUT2D eigenvalue weighted by atomic mass is 10.1. The van der Waals surface area contributed by atoms with E-state index >= 15 is 0 Å². The minimum absolute atomic E-state index is 0.0886. The number of aromatic nitrogens is 2. The van der Waals surface area contributed by atoms with Gasteiger partial charge in [-0.25, -0.2) is 4.98 Å². The fourth-order valence-electron chi connectivity index (χ4n) is 3.97. The third-order valence-electron chi connectivity index (χ3n) is 6.13. The van der Waals surface area contributed by atoms with Gasteiger partial charge in [0.1, 0.15) is 11.6 Å². The minimum atomic E-state index is -0.772. The van der Waals surface area contributed by atoms with Crippen LogP contribution in [-0.2, 0) is 22.6 Å². The molecule has 0 aliphatic heterocycles. The van der Waals surface area contributed by atoms with Gasteiger partial charge in [0.05, 0.1) is 24.2 Å². The van der Waals surface area contributed by atoms with Crippen LogP contribution in [0.2, 0.25) is 0 Å². The quantitative estimate of drug-likeness (QED) is 0.290. The van der Waals surface area contributed by atoms with Gasteiger partial charge >= 0.3 is 5.97 Å². The maximum absolute atomic E-state index is 11.7. The zero-order valence-corrected chi connectivity index (χ0v) is 21.0. The summed E-state index contributed by atoms with van der Waals surface area (Å²) >= 11 is 0. The van der Waals surface area contributed by atoms with Crippen LogP contribution >= 0.6 is 0 Å². The van der Waals surface area contributed by atoms with Crippen LogP contribution in [0.4, 0.5) is 5.69 Å². The second kappa shape index (κ2) is 12.9. The van der Waals surface area contributed by atoms with Gasteiger partial charge in [-0.05, 0) is 54.7 Å². The molecule has 0 aliphatic rings. The van der Waals surface area contributed by atoms with E-state index in [1.165, 1.54) is 0 Å². The number of Topliss-reactive ketones (excluding diaryl/α,β-unsaturated/α-hetero) is 1. The highest BCUT2D eigenvalue weighted by molar-refractivity contribution is 5.84. The normalized spacial score (nSPS) is 12.0. The molecule has 188 valence electrons. The Morgan fingerprint density at radius 3 is 2.60 bits per heavy atom. The number of aliphatic carboxylic acids is 1. The van der Waals surface area contributed by atoms with E-state index in [1.54, 1.807) is 0 Å². The number of nitrogens with one attached hydrogen (secondary N) is 1. The average Bonchev–Trinajstić information content (AvgIpc) is 3.18. The molecular formula is C28H37N3O4.